The number of rotatable bonds is 3. The van der Waals surface area contributed by atoms with E-state index < -0.39 is 0 Å². The van der Waals surface area contributed by atoms with Gasteiger partial charge in [0.25, 0.3) is 0 Å². The number of aliphatic imine (C=N–C) groups is 1. The van der Waals surface area contributed by atoms with Crippen molar-refractivity contribution in [3.05, 3.63) is 29.8 Å². The quantitative estimate of drug-likeness (QED) is 0.869. The number of hydrogen-bond acceptors (Lipinski definition) is 6. The molecule has 4 heterocycles. The number of ether oxygens (including phenoxy) is 1. The molecule has 120 valence electrons. The SMILES string of the molecule is Cc1nc(N2CCOCC2)c2oc(CC3C=CC=NC3)cc2n1. The van der Waals surface area contributed by atoms with Crippen molar-refractivity contribution in [3.63, 3.8) is 0 Å². The van der Waals surface area contributed by atoms with Gasteiger partial charge in [-0.05, 0) is 13.0 Å². The maximum Gasteiger partial charge on any atom is 0.195 e. The highest BCUT2D eigenvalue weighted by Crippen LogP contribution is 2.29. The Morgan fingerprint density at radius 1 is 1.26 bits per heavy atom. The van der Waals surface area contributed by atoms with Crippen LogP contribution in [-0.2, 0) is 11.2 Å². The predicted molar refractivity (Wildman–Crippen MR) is 89.3 cm³/mol. The van der Waals surface area contributed by atoms with Crippen molar-refractivity contribution in [2.45, 2.75) is 13.3 Å². The minimum absolute atomic E-state index is 0.390. The molecule has 6 heteroatoms. The van der Waals surface area contributed by atoms with E-state index in [1.54, 1.807) is 0 Å². The summed E-state index contributed by atoms with van der Waals surface area (Å²) >= 11 is 0. The largest absolute Gasteiger partial charge is 0.455 e. The maximum atomic E-state index is 6.12. The first-order chi connectivity index (χ1) is 11.3. The van der Waals surface area contributed by atoms with Crippen LogP contribution in [0.2, 0.25) is 0 Å². The van der Waals surface area contributed by atoms with Crippen LogP contribution in [0.15, 0.2) is 27.6 Å². The minimum atomic E-state index is 0.390. The zero-order chi connectivity index (χ0) is 15.6. The summed E-state index contributed by atoms with van der Waals surface area (Å²) in [5.74, 6) is 3.00. The van der Waals surface area contributed by atoms with Crippen LogP contribution >= 0.6 is 0 Å². The standard InChI is InChI=1S/C17H20N4O2/c1-12-19-15-10-14(9-13-3-2-4-18-11-13)23-16(15)17(20-12)21-5-7-22-8-6-21/h2-4,10,13H,5-9,11H2,1H3. The molecule has 2 aliphatic rings. The van der Waals surface area contributed by atoms with Crippen molar-refractivity contribution in [1.82, 2.24) is 9.97 Å². The molecular weight excluding hydrogens is 292 g/mol. The summed E-state index contributed by atoms with van der Waals surface area (Å²) in [5, 5.41) is 0. The number of nitrogens with zero attached hydrogens (tertiary/aromatic N) is 4. The number of furan rings is 1. The van der Waals surface area contributed by atoms with Crippen LogP contribution in [-0.4, -0.2) is 49.0 Å². The summed E-state index contributed by atoms with van der Waals surface area (Å²) in [5.41, 5.74) is 1.67. The number of anilines is 1. The zero-order valence-electron chi connectivity index (χ0n) is 13.2. The molecule has 0 aliphatic carbocycles. The Morgan fingerprint density at radius 3 is 2.91 bits per heavy atom. The normalized spacial score (nSPS) is 21.3. The Labute approximate surface area is 134 Å². The molecule has 0 aromatic carbocycles. The number of morpholine rings is 1. The van der Waals surface area contributed by atoms with Crippen LogP contribution in [0.25, 0.3) is 11.1 Å². The van der Waals surface area contributed by atoms with Gasteiger partial charge in [0, 0.05) is 44.3 Å². The smallest absolute Gasteiger partial charge is 0.195 e. The molecule has 1 atom stereocenters. The predicted octanol–water partition coefficient (Wildman–Crippen LogP) is 2.17. The fourth-order valence-electron chi connectivity index (χ4n) is 3.08. The molecule has 1 fully saturated rings. The van der Waals surface area contributed by atoms with Crippen molar-refractivity contribution in [3.8, 4) is 0 Å². The summed E-state index contributed by atoms with van der Waals surface area (Å²) in [4.78, 5) is 15.7. The molecule has 0 saturated carbocycles. The van der Waals surface area contributed by atoms with Crippen molar-refractivity contribution in [2.24, 2.45) is 10.9 Å². The van der Waals surface area contributed by atoms with Gasteiger partial charge in [0.2, 0.25) is 0 Å². The lowest BCUT2D eigenvalue weighted by Gasteiger charge is -2.27. The molecule has 2 aromatic rings. The minimum Gasteiger partial charge on any atom is -0.455 e. The second-order valence-electron chi connectivity index (χ2n) is 5.98. The van der Waals surface area contributed by atoms with Crippen LogP contribution in [0.3, 0.4) is 0 Å². The van der Waals surface area contributed by atoms with Crippen LogP contribution in [0.1, 0.15) is 11.6 Å². The van der Waals surface area contributed by atoms with Gasteiger partial charge in [0.1, 0.15) is 17.1 Å². The third-order valence-electron chi connectivity index (χ3n) is 4.21. The highest BCUT2D eigenvalue weighted by molar-refractivity contribution is 5.84. The van der Waals surface area contributed by atoms with E-state index in [1.807, 2.05) is 25.3 Å². The van der Waals surface area contributed by atoms with Gasteiger partial charge in [-0.2, -0.15) is 0 Å². The van der Waals surface area contributed by atoms with E-state index in [1.165, 1.54) is 0 Å². The molecule has 2 aromatic heterocycles. The van der Waals surface area contributed by atoms with Gasteiger partial charge in [-0.25, -0.2) is 9.97 Å². The number of fused-ring (bicyclic) bond motifs is 1. The van der Waals surface area contributed by atoms with Crippen molar-refractivity contribution in [1.29, 1.82) is 0 Å². The molecule has 6 nitrogen and oxygen atoms in total. The Bertz CT molecular complexity index is 759. The Kier molecular flexibility index (Phi) is 3.83. The average molecular weight is 312 g/mol. The number of dihydropyridines is 1. The van der Waals surface area contributed by atoms with Gasteiger partial charge in [-0.3, -0.25) is 4.99 Å². The summed E-state index contributed by atoms with van der Waals surface area (Å²) in [6, 6.07) is 2.04. The van der Waals surface area contributed by atoms with Gasteiger partial charge in [-0.15, -0.1) is 0 Å². The molecule has 0 radical (unpaired) electrons. The highest BCUT2D eigenvalue weighted by atomic mass is 16.5. The first-order valence-electron chi connectivity index (χ1n) is 8.06. The number of aromatic nitrogens is 2. The Balaban J connectivity index is 1.66. The van der Waals surface area contributed by atoms with Crippen LogP contribution in [0, 0.1) is 12.8 Å². The van der Waals surface area contributed by atoms with Crippen LogP contribution < -0.4 is 4.90 Å². The lowest BCUT2D eigenvalue weighted by Crippen LogP contribution is -2.37. The van der Waals surface area contributed by atoms with E-state index in [2.05, 4.69) is 25.9 Å². The summed E-state index contributed by atoms with van der Waals surface area (Å²) < 4.78 is 11.5. The highest BCUT2D eigenvalue weighted by Gasteiger charge is 2.21. The monoisotopic (exact) mass is 312 g/mol. The van der Waals surface area contributed by atoms with Crippen LogP contribution in [0.4, 0.5) is 5.82 Å². The first-order valence-corrected chi connectivity index (χ1v) is 8.06. The van der Waals surface area contributed by atoms with Gasteiger partial charge >= 0.3 is 0 Å². The molecule has 1 unspecified atom stereocenters. The average Bonchev–Trinajstić information content (AvgIpc) is 2.98. The third kappa shape index (κ3) is 2.99. The molecule has 2 aliphatic heterocycles. The fourth-order valence-corrected chi connectivity index (χ4v) is 3.08. The van der Waals surface area contributed by atoms with Gasteiger partial charge in [0.15, 0.2) is 11.4 Å². The summed E-state index contributed by atoms with van der Waals surface area (Å²) in [6.07, 6.45) is 6.87. The molecule has 0 amide bonds. The van der Waals surface area contributed by atoms with Crippen molar-refractivity contribution < 1.29 is 9.15 Å². The topological polar surface area (TPSA) is 63.8 Å². The molecule has 4 rings (SSSR count). The molecule has 0 bridgehead atoms. The first kappa shape index (κ1) is 14.4. The second kappa shape index (κ2) is 6.12. The van der Waals surface area contributed by atoms with Crippen molar-refractivity contribution >= 4 is 23.1 Å². The zero-order valence-corrected chi connectivity index (χ0v) is 13.2. The Morgan fingerprint density at radius 2 is 2.13 bits per heavy atom. The summed E-state index contributed by atoms with van der Waals surface area (Å²) in [6.45, 7) is 5.86. The van der Waals surface area contributed by atoms with E-state index in [0.717, 1.165) is 67.8 Å². The maximum absolute atomic E-state index is 6.12. The molecule has 0 spiro atoms. The second-order valence-corrected chi connectivity index (χ2v) is 5.98. The summed E-state index contributed by atoms with van der Waals surface area (Å²) in [7, 11) is 0. The van der Waals surface area contributed by atoms with E-state index in [4.69, 9.17) is 9.15 Å². The van der Waals surface area contributed by atoms with E-state index in [0.29, 0.717) is 5.92 Å². The van der Waals surface area contributed by atoms with Gasteiger partial charge < -0.3 is 14.1 Å². The Hall–Kier alpha value is -2.21. The van der Waals surface area contributed by atoms with Crippen LogP contribution in [0.5, 0.6) is 0 Å². The lowest BCUT2D eigenvalue weighted by atomic mass is 10.0. The fraction of sp³-hybridized carbons (Fsp3) is 0.471. The van der Waals surface area contributed by atoms with Gasteiger partial charge in [0.05, 0.1) is 13.2 Å². The molecule has 1 saturated heterocycles. The molecular formula is C17H20N4O2. The van der Waals surface area contributed by atoms with E-state index in [9.17, 15) is 0 Å². The molecule has 0 N–H and O–H groups in total. The number of allylic oxidation sites excluding steroid dienone is 1. The van der Waals surface area contributed by atoms with Gasteiger partial charge in [-0.1, -0.05) is 6.08 Å². The number of aryl methyl sites for hydroxylation is 1. The third-order valence-corrected chi connectivity index (χ3v) is 4.21. The van der Waals surface area contributed by atoms with Crippen molar-refractivity contribution in [2.75, 3.05) is 37.7 Å². The molecule has 23 heavy (non-hydrogen) atoms. The van der Waals surface area contributed by atoms with E-state index >= 15 is 0 Å². The lowest BCUT2D eigenvalue weighted by molar-refractivity contribution is 0.122. The number of hydrogen-bond donors (Lipinski definition) is 0. The van der Waals surface area contributed by atoms with E-state index in [-0.39, 0.29) is 0 Å².